The number of hydrogen-bond acceptors (Lipinski definition) is 4. The molecule has 3 rings (SSSR count). The summed E-state index contributed by atoms with van der Waals surface area (Å²) in [7, 11) is 0. The zero-order valence-corrected chi connectivity index (χ0v) is 12.8. The minimum atomic E-state index is -0.230. The summed E-state index contributed by atoms with van der Waals surface area (Å²) >= 11 is 0. The monoisotopic (exact) mass is 299 g/mol. The van der Waals surface area contributed by atoms with E-state index in [4.69, 9.17) is 0 Å². The third-order valence-electron chi connectivity index (χ3n) is 3.70. The van der Waals surface area contributed by atoms with E-state index in [9.17, 15) is 4.39 Å². The van der Waals surface area contributed by atoms with Crippen molar-refractivity contribution in [3.05, 3.63) is 53.7 Å². The summed E-state index contributed by atoms with van der Waals surface area (Å²) in [5.74, 6) is 1.17. The molecule has 0 atom stereocenters. The van der Waals surface area contributed by atoms with Crippen LogP contribution in [0.2, 0.25) is 0 Å². The first kappa shape index (κ1) is 14.4. The molecule has 22 heavy (non-hydrogen) atoms. The van der Waals surface area contributed by atoms with E-state index in [2.05, 4.69) is 34.2 Å². The van der Waals surface area contributed by atoms with Crippen LogP contribution in [-0.4, -0.2) is 26.1 Å². The van der Waals surface area contributed by atoms with Crippen molar-refractivity contribution in [3.63, 3.8) is 0 Å². The van der Waals surface area contributed by atoms with Gasteiger partial charge in [-0.3, -0.25) is 0 Å². The first-order chi connectivity index (χ1) is 10.5. The van der Waals surface area contributed by atoms with Crippen LogP contribution in [0.5, 0.6) is 0 Å². The fourth-order valence-corrected chi connectivity index (χ4v) is 2.38. The Bertz CT molecular complexity index is 809. The Kier molecular flexibility index (Phi) is 3.52. The van der Waals surface area contributed by atoms with Crippen molar-refractivity contribution in [3.8, 4) is 0 Å². The van der Waals surface area contributed by atoms with E-state index in [1.165, 1.54) is 12.4 Å². The Morgan fingerprint density at radius 1 is 1.27 bits per heavy atom. The molecule has 0 saturated heterocycles. The van der Waals surface area contributed by atoms with Crippen molar-refractivity contribution in [1.82, 2.24) is 19.6 Å². The van der Waals surface area contributed by atoms with Gasteiger partial charge in [0.05, 0.1) is 0 Å². The summed E-state index contributed by atoms with van der Waals surface area (Å²) in [6, 6.07) is 8.62. The standard InChI is InChI=1S/C16H18FN5/c1-11-7-14(22-15(21-11)19-10-20-22)18-9-16(2,3)12-5-4-6-13(17)8-12/h4-8,10,18H,9H2,1-3H3. The highest BCUT2D eigenvalue weighted by atomic mass is 19.1. The summed E-state index contributed by atoms with van der Waals surface area (Å²) in [4.78, 5) is 8.42. The maximum absolute atomic E-state index is 13.4. The van der Waals surface area contributed by atoms with E-state index >= 15 is 0 Å². The average molecular weight is 299 g/mol. The number of rotatable bonds is 4. The minimum Gasteiger partial charge on any atom is -0.369 e. The normalized spacial score (nSPS) is 11.8. The van der Waals surface area contributed by atoms with Crippen LogP contribution in [0.1, 0.15) is 25.1 Å². The highest BCUT2D eigenvalue weighted by Crippen LogP contribution is 2.24. The van der Waals surface area contributed by atoms with Crippen LogP contribution >= 0.6 is 0 Å². The molecule has 3 aromatic rings. The van der Waals surface area contributed by atoms with E-state index in [1.807, 2.05) is 19.1 Å². The number of aromatic nitrogens is 4. The lowest BCUT2D eigenvalue weighted by Crippen LogP contribution is -2.28. The van der Waals surface area contributed by atoms with Crippen LogP contribution in [0.15, 0.2) is 36.7 Å². The van der Waals surface area contributed by atoms with Gasteiger partial charge >= 0.3 is 0 Å². The van der Waals surface area contributed by atoms with Crippen LogP contribution in [0.25, 0.3) is 5.78 Å². The molecule has 2 heterocycles. The molecule has 0 aliphatic rings. The van der Waals surface area contributed by atoms with E-state index in [1.54, 1.807) is 16.6 Å². The molecule has 6 heteroatoms. The summed E-state index contributed by atoms with van der Waals surface area (Å²) in [6.07, 6.45) is 1.48. The molecule has 0 radical (unpaired) electrons. The van der Waals surface area contributed by atoms with Gasteiger partial charge in [0.15, 0.2) is 0 Å². The molecule has 0 spiro atoms. The van der Waals surface area contributed by atoms with Gasteiger partial charge in [-0.25, -0.2) is 9.37 Å². The fraction of sp³-hybridized carbons (Fsp3) is 0.312. The van der Waals surface area contributed by atoms with Gasteiger partial charge in [-0.05, 0) is 24.6 Å². The zero-order valence-electron chi connectivity index (χ0n) is 12.8. The summed E-state index contributed by atoms with van der Waals surface area (Å²) in [5, 5.41) is 7.54. The molecular formula is C16H18FN5. The first-order valence-electron chi connectivity index (χ1n) is 7.13. The van der Waals surface area contributed by atoms with E-state index < -0.39 is 0 Å². The van der Waals surface area contributed by atoms with Crippen LogP contribution in [0.4, 0.5) is 10.2 Å². The summed E-state index contributed by atoms with van der Waals surface area (Å²) < 4.78 is 15.1. The van der Waals surface area contributed by atoms with Gasteiger partial charge in [-0.2, -0.15) is 14.6 Å². The van der Waals surface area contributed by atoms with Gasteiger partial charge in [0.25, 0.3) is 5.78 Å². The molecule has 0 aliphatic heterocycles. The quantitative estimate of drug-likeness (QED) is 0.804. The molecule has 1 N–H and O–H groups in total. The van der Waals surface area contributed by atoms with E-state index in [0.717, 1.165) is 17.1 Å². The summed E-state index contributed by atoms with van der Waals surface area (Å²) in [6.45, 7) is 6.69. The Morgan fingerprint density at radius 3 is 2.86 bits per heavy atom. The lowest BCUT2D eigenvalue weighted by molar-refractivity contribution is 0.544. The predicted molar refractivity (Wildman–Crippen MR) is 83.4 cm³/mol. The molecule has 1 aromatic carbocycles. The smallest absolute Gasteiger partial charge is 0.254 e. The highest BCUT2D eigenvalue weighted by Gasteiger charge is 2.21. The number of fused-ring (bicyclic) bond motifs is 1. The first-order valence-corrected chi connectivity index (χ1v) is 7.13. The molecule has 114 valence electrons. The lowest BCUT2D eigenvalue weighted by atomic mass is 9.84. The number of halogens is 1. The average Bonchev–Trinajstić information content (AvgIpc) is 2.93. The van der Waals surface area contributed by atoms with Crippen molar-refractivity contribution in [2.24, 2.45) is 0 Å². The topological polar surface area (TPSA) is 55.1 Å². The fourth-order valence-electron chi connectivity index (χ4n) is 2.38. The molecule has 0 bridgehead atoms. The van der Waals surface area contributed by atoms with Crippen LogP contribution in [0, 0.1) is 12.7 Å². The third-order valence-corrected chi connectivity index (χ3v) is 3.70. The Labute approximate surface area is 128 Å². The Morgan fingerprint density at radius 2 is 2.09 bits per heavy atom. The van der Waals surface area contributed by atoms with Crippen molar-refractivity contribution in [1.29, 1.82) is 0 Å². The van der Waals surface area contributed by atoms with E-state index in [0.29, 0.717) is 12.3 Å². The van der Waals surface area contributed by atoms with Crippen molar-refractivity contribution >= 4 is 11.6 Å². The number of hydrogen-bond donors (Lipinski definition) is 1. The van der Waals surface area contributed by atoms with Gasteiger partial charge in [0.1, 0.15) is 18.0 Å². The molecule has 5 nitrogen and oxygen atoms in total. The highest BCUT2D eigenvalue weighted by molar-refractivity contribution is 5.45. The molecule has 0 aliphatic carbocycles. The zero-order chi connectivity index (χ0) is 15.7. The number of aryl methyl sites for hydroxylation is 1. The second-order valence-corrected chi connectivity index (χ2v) is 6.00. The lowest BCUT2D eigenvalue weighted by Gasteiger charge is -2.26. The Balaban J connectivity index is 1.85. The molecular weight excluding hydrogens is 281 g/mol. The second kappa shape index (κ2) is 5.36. The summed E-state index contributed by atoms with van der Waals surface area (Å²) in [5.41, 5.74) is 1.58. The minimum absolute atomic E-state index is 0.219. The van der Waals surface area contributed by atoms with Crippen molar-refractivity contribution < 1.29 is 4.39 Å². The maximum atomic E-state index is 13.4. The molecule has 0 unspecified atom stereocenters. The molecule has 2 aromatic heterocycles. The number of nitrogens with zero attached hydrogens (tertiary/aromatic N) is 4. The van der Waals surface area contributed by atoms with Crippen LogP contribution < -0.4 is 5.32 Å². The number of anilines is 1. The van der Waals surface area contributed by atoms with E-state index in [-0.39, 0.29) is 11.2 Å². The number of benzene rings is 1. The SMILES string of the molecule is Cc1cc(NCC(C)(C)c2cccc(F)c2)n2ncnc2n1. The van der Waals surface area contributed by atoms with Gasteiger partial charge in [-0.1, -0.05) is 26.0 Å². The van der Waals surface area contributed by atoms with Crippen molar-refractivity contribution in [2.75, 3.05) is 11.9 Å². The van der Waals surface area contributed by atoms with Gasteiger partial charge in [0, 0.05) is 23.7 Å². The largest absolute Gasteiger partial charge is 0.369 e. The predicted octanol–water partition coefficient (Wildman–Crippen LogP) is 2.96. The van der Waals surface area contributed by atoms with Crippen LogP contribution in [-0.2, 0) is 5.41 Å². The molecule has 0 amide bonds. The molecule has 0 saturated carbocycles. The second-order valence-electron chi connectivity index (χ2n) is 6.00. The van der Waals surface area contributed by atoms with Gasteiger partial charge in [0.2, 0.25) is 0 Å². The third kappa shape index (κ3) is 2.77. The van der Waals surface area contributed by atoms with Crippen molar-refractivity contribution in [2.45, 2.75) is 26.2 Å². The number of nitrogens with one attached hydrogen (secondary N) is 1. The van der Waals surface area contributed by atoms with Crippen LogP contribution in [0.3, 0.4) is 0 Å². The van der Waals surface area contributed by atoms with Gasteiger partial charge in [-0.15, -0.1) is 0 Å². The van der Waals surface area contributed by atoms with Gasteiger partial charge < -0.3 is 5.32 Å². The molecule has 0 fully saturated rings. The Hall–Kier alpha value is -2.50. The maximum Gasteiger partial charge on any atom is 0.254 e.